The van der Waals surface area contributed by atoms with Crippen molar-refractivity contribution in [3.63, 3.8) is 0 Å². The van der Waals surface area contributed by atoms with Gasteiger partial charge in [0, 0.05) is 17.3 Å². The van der Waals surface area contributed by atoms with Gasteiger partial charge in [-0.25, -0.2) is 4.79 Å². The van der Waals surface area contributed by atoms with E-state index in [1.54, 1.807) is 6.92 Å². The number of hydrogen-bond acceptors (Lipinski definition) is 5. The van der Waals surface area contributed by atoms with Gasteiger partial charge in [0.2, 0.25) is 0 Å². The van der Waals surface area contributed by atoms with Gasteiger partial charge in [0.25, 0.3) is 0 Å². The topological polar surface area (TPSA) is 65.0 Å². The van der Waals surface area contributed by atoms with Crippen molar-refractivity contribution < 1.29 is 19.1 Å². The Bertz CT molecular complexity index is 1350. The maximum Gasteiger partial charge on any atom is 0.337 e. The van der Waals surface area contributed by atoms with Crippen LogP contribution >= 0.6 is 0 Å². The Labute approximate surface area is 211 Å². The molecular formula is C31H27NO4. The highest BCUT2D eigenvalue weighted by Crippen LogP contribution is 2.35. The first-order valence-corrected chi connectivity index (χ1v) is 11.9. The van der Waals surface area contributed by atoms with Gasteiger partial charge in [-0.3, -0.25) is 9.79 Å². The number of rotatable bonds is 6. The summed E-state index contributed by atoms with van der Waals surface area (Å²) in [6.45, 7) is 4.03. The minimum absolute atomic E-state index is 0.0959. The molecule has 2 unspecified atom stereocenters. The van der Waals surface area contributed by atoms with Crippen LogP contribution in [0.1, 0.15) is 29.2 Å². The van der Waals surface area contributed by atoms with Crippen LogP contribution < -0.4 is 0 Å². The summed E-state index contributed by atoms with van der Waals surface area (Å²) in [5.74, 6) is 3.61. The molecule has 180 valence electrons. The molecule has 5 nitrogen and oxygen atoms in total. The number of carbonyl (C=O) groups is 2. The van der Waals surface area contributed by atoms with Crippen molar-refractivity contribution in [1.82, 2.24) is 0 Å². The van der Waals surface area contributed by atoms with Crippen LogP contribution in [0.15, 0.2) is 95.5 Å². The van der Waals surface area contributed by atoms with E-state index in [0.717, 1.165) is 22.3 Å². The summed E-state index contributed by atoms with van der Waals surface area (Å²) in [6, 6.07) is 26.6. The average Bonchev–Trinajstić information content (AvgIpc) is 2.91. The van der Waals surface area contributed by atoms with Gasteiger partial charge in [0.1, 0.15) is 12.5 Å². The Morgan fingerprint density at radius 2 is 1.64 bits per heavy atom. The molecule has 36 heavy (non-hydrogen) atoms. The summed E-state index contributed by atoms with van der Waals surface area (Å²) in [5, 5.41) is 0. The molecule has 1 heterocycles. The number of hydrogen-bond donors (Lipinski definition) is 0. The summed E-state index contributed by atoms with van der Waals surface area (Å²) >= 11 is 0. The highest BCUT2D eigenvalue weighted by atomic mass is 16.5. The molecule has 0 amide bonds. The van der Waals surface area contributed by atoms with Gasteiger partial charge >= 0.3 is 11.9 Å². The van der Waals surface area contributed by atoms with Gasteiger partial charge in [0.05, 0.1) is 23.8 Å². The van der Waals surface area contributed by atoms with Crippen LogP contribution in [0, 0.1) is 30.6 Å². The first-order valence-electron chi connectivity index (χ1n) is 11.9. The molecule has 0 fully saturated rings. The molecule has 1 aliphatic heterocycles. The van der Waals surface area contributed by atoms with Crippen LogP contribution in [0.3, 0.4) is 0 Å². The van der Waals surface area contributed by atoms with E-state index in [0.29, 0.717) is 5.70 Å². The molecule has 0 spiro atoms. The van der Waals surface area contributed by atoms with E-state index in [2.05, 4.69) is 16.8 Å². The molecule has 4 rings (SSSR count). The molecular weight excluding hydrogens is 450 g/mol. The van der Waals surface area contributed by atoms with Gasteiger partial charge in [0.15, 0.2) is 0 Å². The smallest absolute Gasteiger partial charge is 0.337 e. The third-order valence-electron chi connectivity index (χ3n) is 5.71. The van der Waals surface area contributed by atoms with Crippen molar-refractivity contribution in [2.75, 3.05) is 6.61 Å². The lowest BCUT2D eigenvalue weighted by Crippen LogP contribution is -2.33. The Morgan fingerprint density at radius 3 is 2.33 bits per heavy atom. The van der Waals surface area contributed by atoms with Crippen LogP contribution in [0.2, 0.25) is 0 Å². The van der Waals surface area contributed by atoms with E-state index in [1.165, 1.54) is 6.21 Å². The molecule has 2 atom stereocenters. The lowest BCUT2D eigenvalue weighted by atomic mass is 9.82. The van der Waals surface area contributed by atoms with Crippen molar-refractivity contribution in [3.05, 3.63) is 113 Å². The lowest BCUT2D eigenvalue weighted by Gasteiger charge is -2.26. The highest BCUT2D eigenvalue weighted by Gasteiger charge is 2.39. The van der Waals surface area contributed by atoms with Crippen LogP contribution in [-0.4, -0.2) is 24.8 Å². The molecule has 0 radical (unpaired) electrons. The Morgan fingerprint density at radius 1 is 0.917 bits per heavy atom. The summed E-state index contributed by atoms with van der Waals surface area (Å²) < 4.78 is 11.1. The molecule has 0 aromatic heterocycles. The van der Waals surface area contributed by atoms with Gasteiger partial charge in [-0.05, 0) is 31.5 Å². The quantitative estimate of drug-likeness (QED) is 0.353. The zero-order chi connectivity index (χ0) is 25.3. The SMILES string of the molecule is CCOC(=O)C1C=NC(c2ccccc2)=C(C(=O)OCc2cccc(C)c2)C1C#Cc1ccccc1. The molecule has 5 heteroatoms. The molecule has 0 N–H and O–H groups in total. The van der Waals surface area contributed by atoms with Gasteiger partial charge in [-0.15, -0.1) is 0 Å². The summed E-state index contributed by atoms with van der Waals surface area (Å²) in [4.78, 5) is 31.1. The number of benzene rings is 3. The van der Waals surface area contributed by atoms with Crippen LogP contribution in [0.5, 0.6) is 0 Å². The molecule has 0 aliphatic carbocycles. The fraction of sp³-hybridized carbons (Fsp3) is 0.194. The molecule has 0 saturated heterocycles. The number of nitrogens with zero attached hydrogens (tertiary/aromatic N) is 1. The van der Waals surface area contributed by atoms with Gasteiger partial charge in [-0.1, -0.05) is 90.2 Å². The zero-order valence-electron chi connectivity index (χ0n) is 20.3. The molecule has 0 saturated carbocycles. The molecule has 1 aliphatic rings. The number of aliphatic imine (C=N–C) groups is 1. The second-order valence-corrected chi connectivity index (χ2v) is 8.36. The largest absolute Gasteiger partial charge is 0.465 e. The first kappa shape index (κ1) is 24.7. The van der Waals surface area contributed by atoms with E-state index < -0.39 is 23.8 Å². The molecule has 3 aromatic carbocycles. The van der Waals surface area contributed by atoms with Crippen LogP contribution in [0.4, 0.5) is 0 Å². The maximum atomic E-state index is 13.6. The number of esters is 2. The van der Waals surface area contributed by atoms with E-state index in [-0.39, 0.29) is 18.8 Å². The number of ether oxygens (including phenoxy) is 2. The minimum Gasteiger partial charge on any atom is -0.465 e. The third-order valence-corrected chi connectivity index (χ3v) is 5.71. The monoisotopic (exact) mass is 477 g/mol. The Balaban J connectivity index is 1.78. The van der Waals surface area contributed by atoms with E-state index >= 15 is 0 Å². The standard InChI is InChI=1S/C31H27NO4/c1-3-35-30(33)27-20-32-29(25-15-8-5-9-16-25)28(26(27)18-17-23-12-6-4-7-13-23)31(34)36-21-24-14-10-11-22(2)19-24/h4-16,19-20,26-27H,3,21H2,1-2H3. The summed E-state index contributed by atoms with van der Waals surface area (Å²) in [6.07, 6.45) is 1.53. The third kappa shape index (κ3) is 5.97. The van der Waals surface area contributed by atoms with Crippen LogP contribution in [0.25, 0.3) is 5.70 Å². The van der Waals surface area contributed by atoms with Crippen molar-refractivity contribution in [3.8, 4) is 11.8 Å². The van der Waals surface area contributed by atoms with E-state index in [1.807, 2.05) is 91.9 Å². The second-order valence-electron chi connectivity index (χ2n) is 8.36. The first-order chi connectivity index (χ1) is 17.6. The average molecular weight is 478 g/mol. The van der Waals surface area contributed by atoms with E-state index in [4.69, 9.17) is 9.47 Å². The normalized spacial score (nSPS) is 16.6. The predicted octanol–water partition coefficient (Wildman–Crippen LogP) is 5.38. The molecule has 0 bridgehead atoms. The highest BCUT2D eigenvalue weighted by molar-refractivity contribution is 6.05. The Kier molecular flexibility index (Phi) is 8.10. The fourth-order valence-corrected chi connectivity index (χ4v) is 4.00. The zero-order valence-corrected chi connectivity index (χ0v) is 20.3. The van der Waals surface area contributed by atoms with Crippen molar-refractivity contribution in [2.24, 2.45) is 16.8 Å². The second kappa shape index (κ2) is 11.8. The Hall–Kier alpha value is -4.43. The molecule has 3 aromatic rings. The maximum absolute atomic E-state index is 13.6. The van der Waals surface area contributed by atoms with E-state index in [9.17, 15) is 9.59 Å². The number of carbonyl (C=O) groups excluding carboxylic acids is 2. The minimum atomic E-state index is -0.838. The van der Waals surface area contributed by atoms with Crippen LogP contribution in [-0.2, 0) is 25.7 Å². The van der Waals surface area contributed by atoms with Gasteiger partial charge < -0.3 is 9.47 Å². The summed E-state index contributed by atoms with van der Waals surface area (Å²) in [5.41, 5.74) is 4.15. The van der Waals surface area contributed by atoms with Crippen molar-refractivity contribution >= 4 is 23.9 Å². The number of aryl methyl sites for hydroxylation is 1. The fourth-order valence-electron chi connectivity index (χ4n) is 4.00. The van der Waals surface area contributed by atoms with Crippen molar-refractivity contribution in [2.45, 2.75) is 20.5 Å². The van der Waals surface area contributed by atoms with Crippen molar-refractivity contribution in [1.29, 1.82) is 0 Å². The summed E-state index contributed by atoms with van der Waals surface area (Å²) in [7, 11) is 0. The lowest BCUT2D eigenvalue weighted by molar-refractivity contribution is -0.146. The van der Waals surface area contributed by atoms with Gasteiger partial charge in [-0.2, -0.15) is 0 Å². The predicted molar refractivity (Wildman–Crippen MR) is 140 cm³/mol.